The molecule has 1 saturated heterocycles. The summed E-state index contributed by atoms with van der Waals surface area (Å²) in [6, 6.07) is 0. The van der Waals surface area contributed by atoms with Gasteiger partial charge < -0.3 is 14.2 Å². The van der Waals surface area contributed by atoms with E-state index in [2.05, 4.69) is 19.8 Å². The van der Waals surface area contributed by atoms with Crippen LogP contribution in [0.25, 0.3) is 0 Å². The molecule has 2 heterocycles. The zero-order chi connectivity index (χ0) is 11.4. The lowest BCUT2D eigenvalue weighted by atomic mass is 10.1. The van der Waals surface area contributed by atoms with Crippen molar-refractivity contribution in [2.24, 2.45) is 0 Å². The van der Waals surface area contributed by atoms with Crippen molar-refractivity contribution < 1.29 is 14.1 Å². The van der Waals surface area contributed by atoms with Gasteiger partial charge in [0.05, 0.1) is 7.11 Å². The molecular weight excluding hydrogens is 210 g/mol. The van der Waals surface area contributed by atoms with E-state index >= 15 is 0 Å². The number of aromatic nitrogens is 2. The first-order valence-electron chi connectivity index (χ1n) is 5.44. The second-order valence-electron chi connectivity index (χ2n) is 3.79. The van der Waals surface area contributed by atoms with E-state index in [1.807, 2.05) is 0 Å². The van der Waals surface area contributed by atoms with Crippen LogP contribution in [-0.4, -0.2) is 36.3 Å². The van der Waals surface area contributed by atoms with E-state index in [1.54, 1.807) is 0 Å². The van der Waals surface area contributed by atoms with E-state index in [9.17, 15) is 4.79 Å². The molecule has 0 amide bonds. The summed E-state index contributed by atoms with van der Waals surface area (Å²) in [5.41, 5.74) is 0. The number of piperidine rings is 1. The summed E-state index contributed by atoms with van der Waals surface area (Å²) in [6.07, 6.45) is 3.60. The van der Waals surface area contributed by atoms with Crippen molar-refractivity contribution in [2.75, 3.05) is 25.1 Å². The Bertz CT molecular complexity index is 358. The van der Waals surface area contributed by atoms with Crippen LogP contribution in [0.2, 0.25) is 0 Å². The number of rotatable bonds is 3. The van der Waals surface area contributed by atoms with Gasteiger partial charge in [-0.15, -0.1) is 0 Å². The van der Waals surface area contributed by atoms with Crippen molar-refractivity contribution in [1.82, 2.24) is 10.1 Å². The number of methoxy groups -OCH3 is 1. The summed E-state index contributed by atoms with van der Waals surface area (Å²) in [6.45, 7) is 1.91. The summed E-state index contributed by atoms with van der Waals surface area (Å²) in [5.74, 6) is 0.528. The third-order valence-electron chi connectivity index (χ3n) is 2.62. The fourth-order valence-corrected chi connectivity index (χ4v) is 1.74. The summed E-state index contributed by atoms with van der Waals surface area (Å²) in [4.78, 5) is 17.2. The Morgan fingerprint density at radius 1 is 1.44 bits per heavy atom. The fourth-order valence-electron chi connectivity index (χ4n) is 1.74. The maximum Gasteiger partial charge on any atom is 0.315 e. The highest BCUT2D eigenvalue weighted by atomic mass is 16.5. The van der Waals surface area contributed by atoms with Gasteiger partial charge in [-0.05, 0) is 24.4 Å². The van der Waals surface area contributed by atoms with Gasteiger partial charge in [0.2, 0.25) is 5.89 Å². The van der Waals surface area contributed by atoms with Gasteiger partial charge in [0.1, 0.15) is 6.42 Å². The van der Waals surface area contributed by atoms with Crippen LogP contribution in [-0.2, 0) is 16.0 Å². The molecular formula is C10H15N3O3. The third kappa shape index (κ3) is 2.50. The lowest BCUT2D eigenvalue weighted by Gasteiger charge is -2.24. The topological polar surface area (TPSA) is 68.5 Å². The van der Waals surface area contributed by atoms with Gasteiger partial charge in [-0.2, -0.15) is 4.98 Å². The molecule has 2 rings (SSSR count). The Morgan fingerprint density at radius 2 is 2.19 bits per heavy atom. The maximum atomic E-state index is 11.0. The molecule has 0 radical (unpaired) electrons. The predicted molar refractivity (Wildman–Crippen MR) is 56.1 cm³/mol. The number of nitrogens with zero attached hydrogens (tertiary/aromatic N) is 3. The first kappa shape index (κ1) is 10.9. The number of hydrogen-bond acceptors (Lipinski definition) is 6. The first-order chi connectivity index (χ1) is 7.79. The summed E-state index contributed by atoms with van der Waals surface area (Å²) >= 11 is 0. The van der Waals surface area contributed by atoms with Crippen LogP contribution in [0.1, 0.15) is 25.2 Å². The van der Waals surface area contributed by atoms with Crippen LogP contribution in [0.4, 0.5) is 5.95 Å². The van der Waals surface area contributed by atoms with Crippen LogP contribution in [0, 0.1) is 0 Å². The molecule has 1 aliphatic heterocycles. The molecule has 1 aliphatic rings. The maximum absolute atomic E-state index is 11.0. The molecule has 0 unspecified atom stereocenters. The van der Waals surface area contributed by atoms with E-state index in [0.717, 1.165) is 25.9 Å². The van der Waals surface area contributed by atoms with E-state index in [4.69, 9.17) is 4.52 Å². The van der Waals surface area contributed by atoms with Gasteiger partial charge in [-0.1, -0.05) is 0 Å². The van der Waals surface area contributed by atoms with Crippen molar-refractivity contribution in [2.45, 2.75) is 25.7 Å². The minimum atomic E-state index is -0.367. The number of hydrogen-bond donors (Lipinski definition) is 0. The van der Waals surface area contributed by atoms with Crippen LogP contribution in [0.5, 0.6) is 0 Å². The summed E-state index contributed by atoms with van der Waals surface area (Å²) in [7, 11) is 1.34. The molecule has 1 fully saturated rings. The quantitative estimate of drug-likeness (QED) is 0.708. The standard InChI is InChI=1S/C10H15N3O3/c1-15-9(14)7-8-11-10(12-16-8)13-5-3-2-4-6-13/h2-7H2,1H3. The average Bonchev–Trinajstić information content (AvgIpc) is 2.78. The lowest BCUT2D eigenvalue weighted by molar-refractivity contribution is -0.140. The summed E-state index contributed by atoms with van der Waals surface area (Å²) < 4.78 is 9.52. The van der Waals surface area contributed by atoms with Crippen LogP contribution < -0.4 is 4.90 Å². The molecule has 6 heteroatoms. The van der Waals surface area contributed by atoms with Gasteiger partial charge >= 0.3 is 5.97 Å². The van der Waals surface area contributed by atoms with E-state index in [1.165, 1.54) is 13.5 Å². The van der Waals surface area contributed by atoms with Crippen molar-refractivity contribution in [3.63, 3.8) is 0 Å². The Kier molecular flexibility index (Phi) is 3.38. The molecule has 1 aromatic heterocycles. The van der Waals surface area contributed by atoms with Crippen LogP contribution in [0.3, 0.4) is 0 Å². The van der Waals surface area contributed by atoms with Crippen molar-refractivity contribution >= 4 is 11.9 Å². The number of carbonyl (C=O) groups excluding carboxylic acids is 1. The molecule has 88 valence electrons. The molecule has 0 atom stereocenters. The Balaban J connectivity index is 1.98. The molecule has 0 aromatic carbocycles. The second-order valence-corrected chi connectivity index (χ2v) is 3.79. The first-order valence-corrected chi connectivity index (χ1v) is 5.44. The zero-order valence-corrected chi connectivity index (χ0v) is 9.31. The van der Waals surface area contributed by atoms with Crippen molar-refractivity contribution in [3.05, 3.63) is 5.89 Å². The van der Waals surface area contributed by atoms with E-state index in [0.29, 0.717) is 11.8 Å². The highest BCUT2D eigenvalue weighted by Gasteiger charge is 2.18. The molecule has 6 nitrogen and oxygen atoms in total. The zero-order valence-electron chi connectivity index (χ0n) is 9.31. The Hall–Kier alpha value is -1.59. The number of carbonyl (C=O) groups is 1. The second kappa shape index (κ2) is 4.96. The number of ether oxygens (including phenoxy) is 1. The van der Waals surface area contributed by atoms with Gasteiger partial charge in [-0.3, -0.25) is 4.79 Å². The van der Waals surface area contributed by atoms with E-state index < -0.39 is 0 Å². The highest BCUT2D eigenvalue weighted by Crippen LogP contribution is 2.16. The van der Waals surface area contributed by atoms with Gasteiger partial charge in [-0.25, -0.2) is 0 Å². The molecule has 0 bridgehead atoms. The molecule has 0 aliphatic carbocycles. The molecule has 0 N–H and O–H groups in total. The minimum Gasteiger partial charge on any atom is -0.469 e. The normalized spacial score (nSPS) is 16.2. The van der Waals surface area contributed by atoms with Crippen LogP contribution in [0.15, 0.2) is 4.52 Å². The van der Waals surface area contributed by atoms with Gasteiger partial charge in [0, 0.05) is 13.1 Å². The minimum absolute atomic E-state index is 0.0390. The van der Waals surface area contributed by atoms with Crippen molar-refractivity contribution in [1.29, 1.82) is 0 Å². The molecule has 1 aromatic rings. The lowest BCUT2D eigenvalue weighted by Crippen LogP contribution is -2.30. The smallest absolute Gasteiger partial charge is 0.315 e. The van der Waals surface area contributed by atoms with Gasteiger partial charge in [0.15, 0.2) is 0 Å². The van der Waals surface area contributed by atoms with Gasteiger partial charge in [0.25, 0.3) is 5.95 Å². The highest BCUT2D eigenvalue weighted by molar-refractivity contribution is 5.71. The van der Waals surface area contributed by atoms with Crippen molar-refractivity contribution in [3.8, 4) is 0 Å². The van der Waals surface area contributed by atoms with Crippen LogP contribution >= 0.6 is 0 Å². The predicted octanol–water partition coefficient (Wildman–Crippen LogP) is 0.775. The molecule has 16 heavy (non-hydrogen) atoms. The monoisotopic (exact) mass is 225 g/mol. The van der Waals surface area contributed by atoms with E-state index in [-0.39, 0.29) is 12.4 Å². The molecule has 0 spiro atoms. The Labute approximate surface area is 93.6 Å². The SMILES string of the molecule is COC(=O)Cc1nc(N2CCCCC2)no1. The molecule has 0 saturated carbocycles. The Morgan fingerprint density at radius 3 is 2.88 bits per heavy atom. The average molecular weight is 225 g/mol. The number of anilines is 1. The summed E-state index contributed by atoms with van der Waals surface area (Å²) in [5, 5.41) is 3.86. The largest absolute Gasteiger partial charge is 0.469 e. The number of esters is 1. The third-order valence-corrected chi connectivity index (χ3v) is 2.62. The fraction of sp³-hybridized carbons (Fsp3) is 0.700.